The monoisotopic (exact) mass is 238 g/mol. The molecular formula is C12H22N4O. The summed E-state index contributed by atoms with van der Waals surface area (Å²) in [5.74, 6) is 0.965. The predicted octanol–water partition coefficient (Wildman–Crippen LogP) is 1.52. The van der Waals surface area contributed by atoms with Crippen LogP contribution in [-0.2, 0) is 11.3 Å². The Morgan fingerprint density at radius 3 is 2.71 bits per heavy atom. The molecule has 5 nitrogen and oxygen atoms in total. The Hall–Kier alpha value is -0.940. The molecule has 0 spiro atoms. The zero-order valence-electron chi connectivity index (χ0n) is 11.3. The fraction of sp³-hybridized carbons (Fsp3) is 0.833. The summed E-state index contributed by atoms with van der Waals surface area (Å²) in [6.45, 7) is 9.23. The maximum Gasteiger partial charge on any atom is 0.141 e. The second kappa shape index (κ2) is 4.07. The minimum absolute atomic E-state index is 0.100. The molecule has 0 bridgehead atoms. The molecule has 5 heteroatoms. The number of ether oxygens (including phenoxy) is 1. The molecule has 1 N–H and O–H groups in total. The average molecular weight is 238 g/mol. The summed E-state index contributed by atoms with van der Waals surface area (Å²) in [4.78, 5) is 4.30. The van der Waals surface area contributed by atoms with Gasteiger partial charge in [-0.3, -0.25) is 0 Å². The topological polar surface area (TPSA) is 52.0 Å². The lowest BCUT2D eigenvalue weighted by molar-refractivity contribution is -0.0740. The molecule has 0 aliphatic carbocycles. The lowest BCUT2D eigenvalue weighted by atomic mass is 9.94. The van der Waals surface area contributed by atoms with Gasteiger partial charge in [0.2, 0.25) is 0 Å². The van der Waals surface area contributed by atoms with Crippen molar-refractivity contribution in [2.45, 2.75) is 57.9 Å². The third-order valence-electron chi connectivity index (χ3n) is 3.30. The van der Waals surface area contributed by atoms with Gasteiger partial charge in [-0.1, -0.05) is 0 Å². The van der Waals surface area contributed by atoms with Gasteiger partial charge in [-0.15, -0.1) is 0 Å². The normalized spacial score (nSPS) is 26.3. The summed E-state index contributed by atoms with van der Waals surface area (Å²) >= 11 is 0. The van der Waals surface area contributed by atoms with Crippen molar-refractivity contribution in [2.75, 3.05) is 7.05 Å². The van der Waals surface area contributed by atoms with Gasteiger partial charge >= 0.3 is 0 Å². The molecule has 1 aromatic heterocycles. The van der Waals surface area contributed by atoms with Crippen LogP contribution >= 0.6 is 0 Å². The van der Waals surface area contributed by atoms with Gasteiger partial charge in [0.05, 0.1) is 23.8 Å². The van der Waals surface area contributed by atoms with Crippen LogP contribution in [0.2, 0.25) is 0 Å². The van der Waals surface area contributed by atoms with Crippen molar-refractivity contribution in [1.29, 1.82) is 0 Å². The largest absolute Gasteiger partial charge is 0.367 e. The number of hydrogen-bond acceptors (Lipinski definition) is 4. The van der Waals surface area contributed by atoms with E-state index < -0.39 is 0 Å². The lowest BCUT2D eigenvalue weighted by Gasteiger charge is -2.27. The van der Waals surface area contributed by atoms with Crippen molar-refractivity contribution >= 4 is 0 Å². The Morgan fingerprint density at radius 1 is 1.47 bits per heavy atom. The quantitative estimate of drug-likeness (QED) is 0.867. The molecule has 1 saturated heterocycles. The van der Waals surface area contributed by atoms with E-state index in [2.05, 4.69) is 43.1 Å². The van der Waals surface area contributed by atoms with E-state index in [1.54, 1.807) is 6.33 Å². The van der Waals surface area contributed by atoms with E-state index in [1.807, 2.05) is 11.7 Å². The molecule has 2 rings (SSSR count). The molecule has 0 aromatic carbocycles. The molecule has 1 fully saturated rings. The number of rotatable bonds is 3. The molecule has 96 valence electrons. The molecule has 1 aliphatic rings. The highest BCUT2D eigenvalue weighted by molar-refractivity contribution is 5.01. The standard InChI is InChI=1S/C12H22N4O/c1-11(2)6-9(12(3,4)17-11)16-10(7-13-5)14-8-15-16/h8-9,13H,6-7H2,1-5H3. The fourth-order valence-corrected chi connectivity index (χ4v) is 2.73. The summed E-state index contributed by atoms with van der Waals surface area (Å²) in [7, 11) is 1.92. The first-order chi connectivity index (χ1) is 7.86. The van der Waals surface area contributed by atoms with Crippen molar-refractivity contribution in [2.24, 2.45) is 0 Å². The molecule has 17 heavy (non-hydrogen) atoms. The van der Waals surface area contributed by atoms with Crippen LogP contribution in [0.3, 0.4) is 0 Å². The van der Waals surface area contributed by atoms with Crippen molar-refractivity contribution in [3.8, 4) is 0 Å². The Labute approximate surface area is 103 Å². The smallest absolute Gasteiger partial charge is 0.141 e. The fourth-order valence-electron chi connectivity index (χ4n) is 2.73. The Morgan fingerprint density at radius 2 is 2.18 bits per heavy atom. The van der Waals surface area contributed by atoms with Gasteiger partial charge in [0.25, 0.3) is 0 Å². The van der Waals surface area contributed by atoms with Crippen LogP contribution in [0.15, 0.2) is 6.33 Å². The van der Waals surface area contributed by atoms with E-state index in [-0.39, 0.29) is 17.2 Å². The molecule has 1 aromatic rings. The maximum atomic E-state index is 6.10. The molecule has 1 unspecified atom stereocenters. The van der Waals surface area contributed by atoms with Gasteiger partial charge < -0.3 is 10.1 Å². The first-order valence-electron chi connectivity index (χ1n) is 6.09. The van der Waals surface area contributed by atoms with E-state index in [4.69, 9.17) is 4.74 Å². The second-order valence-electron chi connectivity index (χ2n) is 5.84. The molecular weight excluding hydrogens is 216 g/mol. The zero-order chi connectivity index (χ0) is 12.7. The SMILES string of the molecule is CNCc1ncnn1C1CC(C)(C)OC1(C)C. The first-order valence-corrected chi connectivity index (χ1v) is 6.09. The Balaban J connectivity index is 2.30. The van der Waals surface area contributed by atoms with Crippen molar-refractivity contribution in [3.63, 3.8) is 0 Å². The van der Waals surface area contributed by atoms with Crippen LogP contribution in [0, 0.1) is 0 Å². The third kappa shape index (κ3) is 2.35. The van der Waals surface area contributed by atoms with Crippen LogP contribution in [0.4, 0.5) is 0 Å². The number of nitrogens with zero attached hydrogens (tertiary/aromatic N) is 3. The number of hydrogen-bond donors (Lipinski definition) is 1. The first kappa shape index (κ1) is 12.5. The molecule has 1 aliphatic heterocycles. The third-order valence-corrected chi connectivity index (χ3v) is 3.30. The van der Waals surface area contributed by atoms with Gasteiger partial charge in [-0.05, 0) is 34.7 Å². The highest BCUT2D eigenvalue weighted by atomic mass is 16.5. The summed E-state index contributed by atoms with van der Waals surface area (Å²) in [5, 5.41) is 7.48. The Bertz CT molecular complexity index is 397. The van der Waals surface area contributed by atoms with Crippen LogP contribution in [0.5, 0.6) is 0 Å². The van der Waals surface area contributed by atoms with E-state index in [0.717, 1.165) is 18.8 Å². The minimum atomic E-state index is -0.209. The molecule has 2 heterocycles. The van der Waals surface area contributed by atoms with Gasteiger partial charge in [0, 0.05) is 6.42 Å². The lowest BCUT2D eigenvalue weighted by Crippen LogP contribution is -2.32. The van der Waals surface area contributed by atoms with E-state index >= 15 is 0 Å². The van der Waals surface area contributed by atoms with Crippen LogP contribution < -0.4 is 5.32 Å². The number of aromatic nitrogens is 3. The van der Waals surface area contributed by atoms with Crippen molar-refractivity contribution in [1.82, 2.24) is 20.1 Å². The number of nitrogens with one attached hydrogen (secondary N) is 1. The second-order valence-corrected chi connectivity index (χ2v) is 5.84. The van der Waals surface area contributed by atoms with E-state index in [9.17, 15) is 0 Å². The summed E-state index contributed by atoms with van der Waals surface area (Å²) < 4.78 is 8.10. The van der Waals surface area contributed by atoms with E-state index in [0.29, 0.717) is 0 Å². The maximum absolute atomic E-state index is 6.10. The molecule has 0 amide bonds. The predicted molar refractivity (Wildman–Crippen MR) is 65.7 cm³/mol. The van der Waals surface area contributed by atoms with Crippen molar-refractivity contribution < 1.29 is 4.74 Å². The van der Waals surface area contributed by atoms with Gasteiger partial charge in [-0.25, -0.2) is 9.67 Å². The highest BCUT2D eigenvalue weighted by Crippen LogP contribution is 2.44. The van der Waals surface area contributed by atoms with Gasteiger partial charge in [0.15, 0.2) is 0 Å². The van der Waals surface area contributed by atoms with Crippen LogP contribution in [-0.4, -0.2) is 33.0 Å². The zero-order valence-corrected chi connectivity index (χ0v) is 11.3. The summed E-state index contributed by atoms with van der Waals surface area (Å²) in [6.07, 6.45) is 2.58. The summed E-state index contributed by atoms with van der Waals surface area (Å²) in [6, 6.07) is 0.239. The average Bonchev–Trinajstić information content (AvgIpc) is 2.68. The van der Waals surface area contributed by atoms with Crippen molar-refractivity contribution in [3.05, 3.63) is 12.2 Å². The van der Waals surface area contributed by atoms with Gasteiger partial charge in [0.1, 0.15) is 12.2 Å². The molecule has 1 atom stereocenters. The van der Waals surface area contributed by atoms with Gasteiger partial charge in [-0.2, -0.15) is 5.10 Å². The highest BCUT2D eigenvalue weighted by Gasteiger charge is 2.47. The van der Waals surface area contributed by atoms with E-state index in [1.165, 1.54) is 0 Å². The minimum Gasteiger partial charge on any atom is -0.367 e. The Kier molecular flexibility index (Phi) is 2.99. The summed E-state index contributed by atoms with van der Waals surface area (Å²) in [5.41, 5.74) is -0.309. The van der Waals surface area contributed by atoms with Crippen LogP contribution in [0.25, 0.3) is 0 Å². The molecule has 0 radical (unpaired) electrons. The molecule has 0 saturated carbocycles. The van der Waals surface area contributed by atoms with Crippen LogP contribution in [0.1, 0.15) is 46.0 Å².